The summed E-state index contributed by atoms with van der Waals surface area (Å²) in [7, 11) is 0. The van der Waals surface area contributed by atoms with E-state index in [0.717, 1.165) is 24.0 Å². The van der Waals surface area contributed by atoms with Gasteiger partial charge >= 0.3 is 0 Å². The molecule has 0 amide bonds. The molecule has 0 aliphatic heterocycles. The van der Waals surface area contributed by atoms with Gasteiger partial charge in [-0.2, -0.15) is 0 Å². The first-order valence-electron chi connectivity index (χ1n) is 4.30. The minimum Gasteiger partial charge on any atom is -0.330 e. The molecule has 1 nitrogen and oxygen atoms in total. The van der Waals surface area contributed by atoms with Gasteiger partial charge in [0.15, 0.2) is 0 Å². The van der Waals surface area contributed by atoms with E-state index in [0.29, 0.717) is 11.0 Å². The van der Waals surface area contributed by atoms with Gasteiger partial charge in [-0.15, -0.1) is 0 Å². The van der Waals surface area contributed by atoms with Crippen molar-refractivity contribution in [3.05, 3.63) is 33.5 Å². The molecule has 13 heavy (non-hydrogen) atoms. The van der Waals surface area contributed by atoms with Crippen LogP contribution in [-0.4, -0.2) is 6.54 Å². The van der Waals surface area contributed by atoms with Crippen LogP contribution in [0, 0.1) is 12.7 Å². The molecular weight excluding hydrogens is 233 g/mol. The molecule has 1 aromatic rings. The average Bonchev–Trinajstić information content (AvgIpc) is 2.12. The number of nitrogens with two attached hydrogens (primary N) is 1. The van der Waals surface area contributed by atoms with Crippen LogP contribution >= 0.6 is 15.9 Å². The van der Waals surface area contributed by atoms with Crippen molar-refractivity contribution in [2.45, 2.75) is 19.8 Å². The summed E-state index contributed by atoms with van der Waals surface area (Å²) in [5.74, 6) is -0.197. The molecule has 0 fully saturated rings. The molecule has 0 aromatic heterocycles. The van der Waals surface area contributed by atoms with Gasteiger partial charge in [-0.3, -0.25) is 0 Å². The van der Waals surface area contributed by atoms with Crippen LogP contribution in [0.2, 0.25) is 0 Å². The molecule has 0 radical (unpaired) electrons. The van der Waals surface area contributed by atoms with Crippen LogP contribution in [0.15, 0.2) is 16.6 Å². The Labute approximate surface area is 86.3 Å². The molecule has 1 aromatic carbocycles. The Morgan fingerprint density at radius 1 is 1.46 bits per heavy atom. The average molecular weight is 246 g/mol. The zero-order valence-electron chi connectivity index (χ0n) is 7.61. The van der Waals surface area contributed by atoms with Crippen molar-refractivity contribution in [2.24, 2.45) is 5.73 Å². The maximum atomic E-state index is 13.1. The van der Waals surface area contributed by atoms with Gasteiger partial charge in [0.2, 0.25) is 0 Å². The Hall–Kier alpha value is -0.410. The van der Waals surface area contributed by atoms with Crippen molar-refractivity contribution in [1.29, 1.82) is 0 Å². The second-order valence-corrected chi connectivity index (χ2v) is 3.84. The summed E-state index contributed by atoms with van der Waals surface area (Å²) in [5.41, 5.74) is 7.55. The zero-order chi connectivity index (χ0) is 9.84. The van der Waals surface area contributed by atoms with E-state index < -0.39 is 0 Å². The number of hydrogen-bond donors (Lipinski definition) is 1. The van der Waals surface area contributed by atoms with Gasteiger partial charge in [0, 0.05) is 0 Å². The standard InChI is InChI=1S/C10H13BrFN/c1-7-4-5-9(12)10(11)8(7)3-2-6-13/h4-5H,2-3,6,13H2,1H3. The summed E-state index contributed by atoms with van der Waals surface area (Å²) in [4.78, 5) is 0. The number of halogens is 2. The maximum Gasteiger partial charge on any atom is 0.137 e. The molecule has 1 rings (SSSR count). The van der Waals surface area contributed by atoms with Crippen LogP contribution in [0.5, 0.6) is 0 Å². The minimum absolute atomic E-state index is 0.197. The summed E-state index contributed by atoms with van der Waals surface area (Å²) in [6.07, 6.45) is 1.73. The Balaban J connectivity index is 2.96. The first-order chi connectivity index (χ1) is 6.16. The SMILES string of the molecule is Cc1ccc(F)c(Br)c1CCCN. The lowest BCUT2D eigenvalue weighted by Crippen LogP contribution is -2.02. The third kappa shape index (κ3) is 2.51. The van der Waals surface area contributed by atoms with Crippen LogP contribution in [0.25, 0.3) is 0 Å². The van der Waals surface area contributed by atoms with E-state index >= 15 is 0 Å². The van der Waals surface area contributed by atoms with Gasteiger partial charge in [0.1, 0.15) is 5.82 Å². The Morgan fingerprint density at radius 2 is 2.15 bits per heavy atom. The molecule has 72 valence electrons. The lowest BCUT2D eigenvalue weighted by molar-refractivity contribution is 0.616. The van der Waals surface area contributed by atoms with Crippen molar-refractivity contribution >= 4 is 15.9 Å². The minimum atomic E-state index is -0.197. The molecule has 0 heterocycles. The quantitative estimate of drug-likeness (QED) is 0.871. The van der Waals surface area contributed by atoms with Crippen molar-refractivity contribution < 1.29 is 4.39 Å². The molecule has 0 atom stereocenters. The summed E-state index contributed by atoms with van der Waals surface area (Å²) in [5, 5.41) is 0. The van der Waals surface area contributed by atoms with E-state index in [1.807, 2.05) is 6.92 Å². The lowest BCUT2D eigenvalue weighted by Gasteiger charge is -2.08. The highest BCUT2D eigenvalue weighted by Gasteiger charge is 2.07. The lowest BCUT2D eigenvalue weighted by atomic mass is 10.0. The first kappa shape index (κ1) is 10.7. The summed E-state index contributed by atoms with van der Waals surface area (Å²) in [6.45, 7) is 2.62. The molecule has 0 aliphatic rings. The van der Waals surface area contributed by atoms with Gasteiger partial charge in [0.25, 0.3) is 0 Å². The predicted octanol–water partition coefficient (Wildman–Crippen LogP) is 2.79. The number of rotatable bonds is 3. The fourth-order valence-corrected chi connectivity index (χ4v) is 1.92. The van der Waals surface area contributed by atoms with Gasteiger partial charge in [-0.1, -0.05) is 6.07 Å². The highest BCUT2D eigenvalue weighted by atomic mass is 79.9. The van der Waals surface area contributed by atoms with Crippen LogP contribution in [0.3, 0.4) is 0 Å². The smallest absolute Gasteiger partial charge is 0.137 e. The predicted molar refractivity (Wildman–Crippen MR) is 56.2 cm³/mol. The second-order valence-electron chi connectivity index (χ2n) is 3.05. The van der Waals surface area contributed by atoms with Crippen molar-refractivity contribution in [1.82, 2.24) is 0 Å². The molecule has 0 bridgehead atoms. The van der Waals surface area contributed by atoms with Crippen molar-refractivity contribution in [3.8, 4) is 0 Å². The molecular formula is C10H13BrFN. The molecule has 0 aliphatic carbocycles. The molecule has 0 unspecified atom stereocenters. The fraction of sp³-hybridized carbons (Fsp3) is 0.400. The van der Waals surface area contributed by atoms with E-state index in [2.05, 4.69) is 15.9 Å². The largest absolute Gasteiger partial charge is 0.330 e. The molecule has 0 spiro atoms. The van der Waals surface area contributed by atoms with Gasteiger partial charge in [0.05, 0.1) is 4.47 Å². The summed E-state index contributed by atoms with van der Waals surface area (Å²) in [6, 6.07) is 3.28. The summed E-state index contributed by atoms with van der Waals surface area (Å²) < 4.78 is 13.7. The Kier molecular flexibility index (Phi) is 3.88. The van der Waals surface area contributed by atoms with Crippen molar-refractivity contribution in [3.63, 3.8) is 0 Å². The van der Waals surface area contributed by atoms with Crippen molar-refractivity contribution in [2.75, 3.05) is 6.54 Å². The highest BCUT2D eigenvalue weighted by Crippen LogP contribution is 2.24. The van der Waals surface area contributed by atoms with Crippen LogP contribution in [0.1, 0.15) is 17.5 Å². The second kappa shape index (κ2) is 4.72. The monoisotopic (exact) mass is 245 g/mol. The third-order valence-electron chi connectivity index (χ3n) is 2.06. The van der Waals surface area contributed by atoms with Gasteiger partial charge in [-0.25, -0.2) is 4.39 Å². The molecule has 2 N–H and O–H groups in total. The highest BCUT2D eigenvalue weighted by molar-refractivity contribution is 9.10. The topological polar surface area (TPSA) is 26.0 Å². The normalized spacial score (nSPS) is 10.5. The Morgan fingerprint density at radius 3 is 2.77 bits per heavy atom. The number of hydrogen-bond acceptors (Lipinski definition) is 1. The molecule has 0 saturated heterocycles. The van der Waals surface area contributed by atoms with Crippen LogP contribution in [-0.2, 0) is 6.42 Å². The third-order valence-corrected chi connectivity index (χ3v) is 2.92. The number of aryl methyl sites for hydroxylation is 1. The van der Waals surface area contributed by atoms with Gasteiger partial charge < -0.3 is 5.73 Å². The molecule has 3 heteroatoms. The van der Waals surface area contributed by atoms with Crippen LogP contribution < -0.4 is 5.73 Å². The van der Waals surface area contributed by atoms with Crippen LogP contribution in [0.4, 0.5) is 4.39 Å². The first-order valence-corrected chi connectivity index (χ1v) is 5.09. The van der Waals surface area contributed by atoms with E-state index in [1.54, 1.807) is 6.07 Å². The van der Waals surface area contributed by atoms with E-state index in [-0.39, 0.29) is 5.82 Å². The summed E-state index contributed by atoms with van der Waals surface area (Å²) >= 11 is 3.25. The zero-order valence-corrected chi connectivity index (χ0v) is 9.20. The van der Waals surface area contributed by atoms with Gasteiger partial charge in [-0.05, 0) is 59.4 Å². The maximum absolute atomic E-state index is 13.1. The fourth-order valence-electron chi connectivity index (χ4n) is 1.27. The molecule has 0 saturated carbocycles. The van der Waals surface area contributed by atoms with E-state index in [4.69, 9.17) is 5.73 Å². The van der Waals surface area contributed by atoms with E-state index in [1.165, 1.54) is 6.07 Å². The Bertz CT molecular complexity index is 299. The number of benzene rings is 1. The van der Waals surface area contributed by atoms with E-state index in [9.17, 15) is 4.39 Å².